The first-order valence-electron chi connectivity index (χ1n) is 10.1. The molecule has 1 aliphatic carbocycles. The molecule has 2 heterocycles. The maximum absolute atomic E-state index is 15.0. The summed E-state index contributed by atoms with van der Waals surface area (Å²) in [4.78, 5) is 22.9. The normalized spacial score (nSPS) is 13.3. The van der Waals surface area contributed by atoms with Crippen LogP contribution in [-0.4, -0.2) is 20.9 Å². The van der Waals surface area contributed by atoms with Crippen molar-refractivity contribution in [2.75, 3.05) is 5.32 Å². The first-order chi connectivity index (χ1) is 15.4. The molecular weight excluding hydrogens is 412 g/mol. The Labute approximate surface area is 182 Å². The highest BCUT2D eigenvalue weighted by molar-refractivity contribution is 6.03. The average molecular weight is 431 g/mol. The van der Waals surface area contributed by atoms with Gasteiger partial charge in [-0.1, -0.05) is 12.6 Å². The number of nitrogens with one attached hydrogen (secondary N) is 2. The number of pyridine rings is 1. The highest BCUT2D eigenvalue weighted by Crippen LogP contribution is 2.36. The Morgan fingerprint density at radius 2 is 1.84 bits per heavy atom. The highest BCUT2D eigenvalue weighted by atomic mass is 19.1. The zero-order valence-corrected chi connectivity index (χ0v) is 17.0. The van der Waals surface area contributed by atoms with Crippen LogP contribution in [0.3, 0.4) is 0 Å². The van der Waals surface area contributed by atoms with E-state index in [1.807, 2.05) is 0 Å². The molecule has 0 unspecified atom stereocenters. The third-order valence-electron chi connectivity index (χ3n) is 5.54. The van der Waals surface area contributed by atoms with Crippen molar-refractivity contribution < 1.29 is 13.6 Å². The summed E-state index contributed by atoms with van der Waals surface area (Å²) in [6.07, 6.45) is 3.61. The van der Waals surface area contributed by atoms with E-state index >= 15 is 0 Å². The molecule has 1 amide bonds. The number of imidazole rings is 1. The summed E-state index contributed by atoms with van der Waals surface area (Å²) in [6, 6.07) is 10.6. The topological polar surface area (TPSA) is 96.7 Å². The van der Waals surface area contributed by atoms with Crippen molar-refractivity contribution in [2.45, 2.75) is 12.8 Å². The summed E-state index contributed by atoms with van der Waals surface area (Å²) in [7, 11) is 0. The summed E-state index contributed by atoms with van der Waals surface area (Å²) in [5, 5.41) is 3.13. The number of aromatic nitrogens is 3. The largest absolute Gasteiger partial charge is 0.366 e. The predicted octanol–water partition coefficient (Wildman–Crippen LogP) is 5.00. The molecule has 32 heavy (non-hydrogen) atoms. The fourth-order valence-corrected chi connectivity index (χ4v) is 3.66. The number of rotatable bonds is 6. The Morgan fingerprint density at radius 1 is 1.09 bits per heavy atom. The van der Waals surface area contributed by atoms with Gasteiger partial charge in [-0.05, 0) is 60.7 Å². The second-order valence-electron chi connectivity index (χ2n) is 7.82. The van der Waals surface area contributed by atoms with Gasteiger partial charge in [-0.2, -0.15) is 0 Å². The van der Waals surface area contributed by atoms with Crippen molar-refractivity contribution in [3.8, 4) is 22.5 Å². The lowest BCUT2D eigenvalue weighted by atomic mass is 10.0. The van der Waals surface area contributed by atoms with Crippen LogP contribution in [0.15, 0.2) is 60.9 Å². The lowest BCUT2D eigenvalue weighted by Crippen LogP contribution is -2.11. The number of H-pyrrole nitrogens is 1. The molecule has 160 valence electrons. The van der Waals surface area contributed by atoms with Gasteiger partial charge in [-0.3, -0.25) is 4.79 Å². The van der Waals surface area contributed by atoms with E-state index in [2.05, 4.69) is 26.8 Å². The number of nitrogens with zero attached hydrogens (tertiary/aromatic N) is 2. The summed E-state index contributed by atoms with van der Waals surface area (Å²) in [5.41, 5.74) is 8.51. The molecule has 0 atom stereocenters. The number of primary amides is 1. The van der Waals surface area contributed by atoms with E-state index in [4.69, 9.17) is 5.73 Å². The van der Waals surface area contributed by atoms with Gasteiger partial charge in [0.25, 0.3) is 5.91 Å². The van der Waals surface area contributed by atoms with Gasteiger partial charge < -0.3 is 16.0 Å². The van der Waals surface area contributed by atoms with Crippen molar-refractivity contribution in [1.82, 2.24) is 15.0 Å². The number of hydrogen-bond acceptors (Lipinski definition) is 4. The molecule has 0 saturated heterocycles. The van der Waals surface area contributed by atoms with Crippen LogP contribution in [-0.2, 0) is 0 Å². The SMILES string of the molecule is C=C(Nc1ccc(-c2ccc(-c3nc4nccc(C(N)=O)c4[nH]3)c(F)c2)c(F)c1)C1CC1. The number of allylic oxidation sites excluding steroid dienone is 1. The molecule has 0 bridgehead atoms. The molecule has 5 rings (SSSR count). The second kappa shape index (κ2) is 7.56. The van der Waals surface area contributed by atoms with Crippen molar-refractivity contribution in [3.63, 3.8) is 0 Å². The van der Waals surface area contributed by atoms with Gasteiger partial charge in [-0.15, -0.1) is 0 Å². The third kappa shape index (κ3) is 3.60. The number of nitrogens with two attached hydrogens (primary N) is 1. The van der Waals surface area contributed by atoms with Gasteiger partial charge >= 0.3 is 0 Å². The minimum absolute atomic E-state index is 0.168. The second-order valence-corrected chi connectivity index (χ2v) is 7.82. The Bertz CT molecular complexity index is 1390. The number of carbonyl (C=O) groups excluding carboxylic acids is 1. The lowest BCUT2D eigenvalue weighted by Gasteiger charge is -2.11. The minimum atomic E-state index is -0.641. The highest BCUT2D eigenvalue weighted by Gasteiger charge is 2.24. The van der Waals surface area contributed by atoms with Crippen LogP contribution in [0.1, 0.15) is 23.2 Å². The third-order valence-corrected chi connectivity index (χ3v) is 5.54. The number of amides is 1. The Morgan fingerprint density at radius 3 is 2.53 bits per heavy atom. The molecule has 1 aliphatic rings. The zero-order chi connectivity index (χ0) is 22.4. The fourth-order valence-electron chi connectivity index (χ4n) is 3.66. The van der Waals surface area contributed by atoms with Crippen LogP contribution < -0.4 is 11.1 Å². The van der Waals surface area contributed by atoms with Crippen LogP contribution >= 0.6 is 0 Å². The monoisotopic (exact) mass is 431 g/mol. The van der Waals surface area contributed by atoms with E-state index < -0.39 is 17.5 Å². The molecule has 0 aliphatic heterocycles. The molecule has 2 aromatic carbocycles. The van der Waals surface area contributed by atoms with Gasteiger partial charge in [-0.25, -0.2) is 18.7 Å². The molecule has 2 aromatic heterocycles. The molecule has 1 saturated carbocycles. The first-order valence-corrected chi connectivity index (χ1v) is 10.1. The predicted molar refractivity (Wildman–Crippen MR) is 119 cm³/mol. The number of hydrogen-bond donors (Lipinski definition) is 3. The Hall–Kier alpha value is -4.07. The fraction of sp³-hybridized carbons (Fsp3) is 0.125. The van der Waals surface area contributed by atoms with Gasteiger partial charge in [0.1, 0.15) is 17.5 Å². The molecule has 8 heteroatoms. The van der Waals surface area contributed by atoms with E-state index in [1.54, 1.807) is 18.2 Å². The van der Waals surface area contributed by atoms with Gasteiger partial charge in [0, 0.05) is 23.1 Å². The number of halogens is 2. The van der Waals surface area contributed by atoms with Crippen molar-refractivity contribution in [2.24, 2.45) is 11.7 Å². The maximum Gasteiger partial charge on any atom is 0.251 e. The number of aromatic amines is 1. The molecule has 0 radical (unpaired) electrons. The number of carbonyl (C=O) groups is 1. The van der Waals surface area contributed by atoms with Crippen LogP contribution in [0.2, 0.25) is 0 Å². The standard InChI is InChI=1S/C24H19F2N5O/c1-12(13-2-3-13)29-15-5-7-16(20(26)11-15)14-4-6-17(19(25)10-14)23-30-21-18(22(27)32)8-9-28-24(21)31-23/h4-11,13,29H,1-3H2,(H2,27,32)(H,28,30,31). The minimum Gasteiger partial charge on any atom is -0.366 e. The Kier molecular flexibility index (Phi) is 4.70. The van der Waals surface area contributed by atoms with Crippen molar-refractivity contribution in [3.05, 3.63) is 78.1 Å². The zero-order valence-electron chi connectivity index (χ0n) is 17.0. The molecule has 4 N–H and O–H groups in total. The molecular formula is C24H19F2N5O. The van der Waals surface area contributed by atoms with E-state index in [0.717, 1.165) is 18.5 Å². The van der Waals surface area contributed by atoms with Gasteiger partial charge in [0.15, 0.2) is 5.65 Å². The van der Waals surface area contributed by atoms with Crippen LogP contribution in [0.25, 0.3) is 33.7 Å². The van der Waals surface area contributed by atoms with Gasteiger partial charge in [0.2, 0.25) is 0 Å². The van der Waals surface area contributed by atoms with Gasteiger partial charge in [0.05, 0.1) is 16.6 Å². The summed E-state index contributed by atoms with van der Waals surface area (Å²) >= 11 is 0. The quantitative estimate of drug-likeness (QED) is 0.400. The average Bonchev–Trinajstić information content (AvgIpc) is 3.52. The molecule has 6 nitrogen and oxygen atoms in total. The summed E-state index contributed by atoms with van der Waals surface area (Å²) in [5.74, 6) is -1.05. The van der Waals surface area contributed by atoms with E-state index in [9.17, 15) is 13.6 Å². The number of fused-ring (bicyclic) bond motifs is 1. The summed E-state index contributed by atoms with van der Waals surface area (Å²) in [6.45, 7) is 3.98. The molecule has 1 fully saturated rings. The molecule has 0 spiro atoms. The van der Waals surface area contributed by atoms with Crippen LogP contribution in [0, 0.1) is 17.6 Å². The van der Waals surface area contributed by atoms with Crippen LogP contribution in [0.5, 0.6) is 0 Å². The van der Waals surface area contributed by atoms with E-state index in [-0.39, 0.29) is 28.2 Å². The summed E-state index contributed by atoms with van der Waals surface area (Å²) < 4.78 is 29.7. The van der Waals surface area contributed by atoms with Crippen molar-refractivity contribution >= 4 is 22.8 Å². The van der Waals surface area contributed by atoms with Crippen LogP contribution in [0.4, 0.5) is 14.5 Å². The smallest absolute Gasteiger partial charge is 0.251 e. The first kappa shape index (κ1) is 19.9. The molecule has 4 aromatic rings. The lowest BCUT2D eigenvalue weighted by molar-refractivity contribution is 0.100. The van der Waals surface area contributed by atoms with E-state index in [1.165, 1.54) is 30.5 Å². The Balaban J connectivity index is 1.46. The maximum atomic E-state index is 15.0. The van der Waals surface area contributed by atoms with Crippen molar-refractivity contribution in [1.29, 1.82) is 0 Å². The number of anilines is 1. The number of benzene rings is 2. The van der Waals surface area contributed by atoms with E-state index in [0.29, 0.717) is 22.7 Å².